The lowest BCUT2D eigenvalue weighted by Gasteiger charge is -2.11. The SMILES string of the molecule is O=C(O)c1ccc(OCCn2ccnc2)cc1-c1ccccc1. The van der Waals surface area contributed by atoms with Gasteiger partial charge in [-0.1, -0.05) is 30.3 Å². The van der Waals surface area contributed by atoms with Crippen LogP contribution in [0.1, 0.15) is 10.4 Å². The Bertz CT molecular complexity index is 783. The lowest BCUT2D eigenvalue weighted by Crippen LogP contribution is -2.07. The number of carboxylic acids is 1. The highest BCUT2D eigenvalue weighted by atomic mass is 16.5. The van der Waals surface area contributed by atoms with Gasteiger partial charge in [0.2, 0.25) is 0 Å². The van der Waals surface area contributed by atoms with Crippen LogP contribution in [0.4, 0.5) is 0 Å². The third-order valence-corrected chi connectivity index (χ3v) is 3.48. The molecule has 0 spiro atoms. The number of benzene rings is 2. The van der Waals surface area contributed by atoms with E-state index in [9.17, 15) is 9.90 Å². The minimum atomic E-state index is -0.950. The average molecular weight is 308 g/mol. The summed E-state index contributed by atoms with van der Waals surface area (Å²) in [6, 6.07) is 14.5. The highest BCUT2D eigenvalue weighted by Gasteiger charge is 2.12. The van der Waals surface area contributed by atoms with Crippen molar-refractivity contribution in [1.29, 1.82) is 0 Å². The van der Waals surface area contributed by atoms with Crippen molar-refractivity contribution >= 4 is 5.97 Å². The van der Waals surface area contributed by atoms with Crippen LogP contribution in [0.15, 0.2) is 67.3 Å². The van der Waals surface area contributed by atoms with Crippen molar-refractivity contribution in [3.63, 3.8) is 0 Å². The molecule has 0 amide bonds. The van der Waals surface area contributed by atoms with Crippen molar-refractivity contribution in [2.45, 2.75) is 6.54 Å². The molecule has 1 aromatic heterocycles. The molecule has 3 aromatic rings. The maximum atomic E-state index is 11.4. The van der Waals surface area contributed by atoms with E-state index < -0.39 is 5.97 Å². The standard InChI is InChI=1S/C18H16N2O3/c21-18(22)16-7-6-15(23-11-10-20-9-8-19-13-20)12-17(16)14-4-2-1-3-5-14/h1-9,12-13H,10-11H2,(H,21,22). The number of hydrogen-bond acceptors (Lipinski definition) is 3. The molecule has 3 rings (SSSR count). The fourth-order valence-corrected chi connectivity index (χ4v) is 2.34. The van der Waals surface area contributed by atoms with E-state index in [1.807, 2.05) is 41.1 Å². The van der Waals surface area contributed by atoms with E-state index in [0.29, 0.717) is 24.5 Å². The summed E-state index contributed by atoms with van der Waals surface area (Å²) in [7, 11) is 0. The van der Waals surface area contributed by atoms with Gasteiger partial charge in [-0.15, -0.1) is 0 Å². The largest absolute Gasteiger partial charge is 0.492 e. The predicted octanol–water partition coefficient (Wildman–Crippen LogP) is 3.33. The van der Waals surface area contributed by atoms with Gasteiger partial charge in [0.1, 0.15) is 12.4 Å². The smallest absolute Gasteiger partial charge is 0.336 e. The maximum Gasteiger partial charge on any atom is 0.336 e. The zero-order valence-electron chi connectivity index (χ0n) is 12.4. The van der Waals surface area contributed by atoms with E-state index in [2.05, 4.69) is 4.98 Å². The van der Waals surface area contributed by atoms with Gasteiger partial charge in [-0.2, -0.15) is 0 Å². The van der Waals surface area contributed by atoms with Gasteiger partial charge >= 0.3 is 5.97 Å². The number of imidazole rings is 1. The summed E-state index contributed by atoms with van der Waals surface area (Å²) in [6.45, 7) is 1.17. The average Bonchev–Trinajstić information content (AvgIpc) is 3.09. The van der Waals surface area contributed by atoms with Crippen LogP contribution >= 0.6 is 0 Å². The minimum Gasteiger partial charge on any atom is -0.492 e. The van der Waals surface area contributed by atoms with Crippen molar-refractivity contribution in [2.75, 3.05) is 6.61 Å². The molecule has 0 unspecified atom stereocenters. The molecule has 2 aromatic carbocycles. The molecule has 116 valence electrons. The summed E-state index contributed by atoms with van der Waals surface area (Å²) in [4.78, 5) is 15.4. The first-order valence-electron chi connectivity index (χ1n) is 7.25. The molecule has 0 bridgehead atoms. The van der Waals surface area contributed by atoms with Gasteiger partial charge in [0.05, 0.1) is 18.4 Å². The first-order chi connectivity index (χ1) is 11.2. The Morgan fingerprint density at radius 3 is 2.70 bits per heavy atom. The Morgan fingerprint density at radius 1 is 1.17 bits per heavy atom. The normalized spacial score (nSPS) is 10.4. The van der Waals surface area contributed by atoms with Crippen LogP contribution < -0.4 is 4.74 Å². The summed E-state index contributed by atoms with van der Waals surface area (Å²) in [5, 5.41) is 9.37. The van der Waals surface area contributed by atoms with Crippen LogP contribution in [0.2, 0.25) is 0 Å². The Morgan fingerprint density at radius 2 is 2.00 bits per heavy atom. The van der Waals surface area contributed by atoms with Crippen LogP contribution in [0.25, 0.3) is 11.1 Å². The van der Waals surface area contributed by atoms with Crippen molar-refractivity contribution in [2.24, 2.45) is 0 Å². The second kappa shape index (κ2) is 6.79. The van der Waals surface area contributed by atoms with Crippen LogP contribution in [0.3, 0.4) is 0 Å². The molecule has 0 saturated carbocycles. The van der Waals surface area contributed by atoms with E-state index in [1.165, 1.54) is 0 Å². The molecule has 0 aliphatic rings. The van der Waals surface area contributed by atoms with E-state index in [1.54, 1.807) is 30.7 Å². The molecule has 5 nitrogen and oxygen atoms in total. The summed E-state index contributed by atoms with van der Waals surface area (Å²) < 4.78 is 7.66. The zero-order valence-corrected chi connectivity index (χ0v) is 12.4. The number of nitrogens with zero attached hydrogens (tertiary/aromatic N) is 2. The maximum absolute atomic E-state index is 11.4. The fourth-order valence-electron chi connectivity index (χ4n) is 2.34. The second-order valence-corrected chi connectivity index (χ2v) is 5.03. The molecule has 0 radical (unpaired) electrons. The quantitative estimate of drug-likeness (QED) is 0.758. The highest BCUT2D eigenvalue weighted by Crippen LogP contribution is 2.28. The number of aromatic carboxylic acids is 1. The number of rotatable bonds is 6. The third kappa shape index (κ3) is 3.58. The molecule has 1 heterocycles. The van der Waals surface area contributed by atoms with Crippen LogP contribution in [-0.2, 0) is 6.54 Å². The number of ether oxygens (including phenoxy) is 1. The molecular formula is C18H16N2O3. The third-order valence-electron chi connectivity index (χ3n) is 3.48. The Balaban J connectivity index is 1.81. The summed E-state index contributed by atoms with van der Waals surface area (Å²) in [6.07, 6.45) is 5.31. The highest BCUT2D eigenvalue weighted by molar-refractivity contribution is 5.96. The molecule has 0 fully saturated rings. The zero-order chi connectivity index (χ0) is 16.1. The number of aromatic nitrogens is 2. The molecular weight excluding hydrogens is 292 g/mol. The van der Waals surface area contributed by atoms with Crippen LogP contribution in [0, 0.1) is 0 Å². The molecule has 0 saturated heterocycles. The molecule has 0 aliphatic carbocycles. The van der Waals surface area contributed by atoms with Gasteiger partial charge in [-0.25, -0.2) is 9.78 Å². The monoisotopic (exact) mass is 308 g/mol. The van der Waals surface area contributed by atoms with Gasteiger partial charge in [-0.05, 0) is 29.3 Å². The van der Waals surface area contributed by atoms with Gasteiger partial charge in [0.25, 0.3) is 0 Å². The van der Waals surface area contributed by atoms with Crippen molar-refractivity contribution in [3.05, 3.63) is 72.8 Å². The minimum absolute atomic E-state index is 0.262. The molecule has 0 aliphatic heterocycles. The van der Waals surface area contributed by atoms with Gasteiger partial charge in [-0.3, -0.25) is 0 Å². The summed E-state index contributed by atoms with van der Waals surface area (Å²) in [5.41, 5.74) is 1.77. The van der Waals surface area contributed by atoms with E-state index >= 15 is 0 Å². The second-order valence-electron chi connectivity index (χ2n) is 5.03. The Kier molecular flexibility index (Phi) is 4.38. The van der Waals surface area contributed by atoms with Gasteiger partial charge < -0.3 is 14.4 Å². The molecule has 1 N–H and O–H groups in total. The van der Waals surface area contributed by atoms with Crippen LogP contribution in [-0.4, -0.2) is 27.2 Å². The van der Waals surface area contributed by atoms with E-state index in [0.717, 1.165) is 5.56 Å². The summed E-state index contributed by atoms with van der Waals surface area (Å²) in [5.74, 6) is -0.303. The lowest BCUT2D eigenvalue weighted by atomic mass is 9.99. The summed E-state index contributed by atoms with van der Waals surface area (Å²) >= 11 is 0. The van der Waals surface area contributed by atoms with Gasteiger partial charge in [0, 0.05) is 12.4 Å². The molecule has 23 heavy (non-hydrogen) atoms. The molecule has 5 heteroatoms. The first-order valence-corrected chi connectivity index (χ1v) is 7.25. The van der Waals surface area contributed by atoms with Crippen molar-refractivity contribution in [3.8, 4) is 16.9 Å². The first kappa shape index (κ1) is 14.8. The number of carbonyl (C=O) groups is 1. The topological polar surface area (TPSA) is 64.3 Å². The van der Waals surface area contributed by atoms with Crippen molar-refractivity contribution in [1.82, 2.24) is 9.55 Å². The van der Waals surface area contributed by atoms with E-state index in [4.69, 9.17) is 4.74 Å². The van der Waals surface area contributed by atoms with Crippen LogP contribution in [0.5, 0.6) is 5.75 Å². The van der Waals surface area contributed by atoms with Gasteiger partial charge in [0.15, 0.2) is 0 Å². The predicted molar refractivity (Wildman–Crippen MR) is 86.6 cm³/mol. The van der Waals surface area contributed by atoms with Crippen molar-refractivity contribution < 1.29 is 14.6 Å². The number of carboxylic acid groups (broad SMARTS) is 1. The Labute approximate surface area is 133 Å². The Hall–Kier alpha value is -3.08. The van der Waals surface area contributed by atoms with E-state index in [-0.39, 0.29) is 5.56 Å². The fraction of sp³-hybridized carbons (Fsp3) is 0.111. The molecule has 0 atom stereocenters. The number of hydrogen-bond donors (Lipinski definition) is 1. The lowest BCUT2D eigenvalue weighted by molar-refractivity contribution is 0.0697.